The predicted molar refractivity (Wildman–Crippen MR) is 407 cm³/mol. The SMILES string of the molecule is c1ccc(-c2cc(-c3ccc(N4c5cc6ccccc6cc5-c5ccccc5-n5c4nc4cc(-c6cccc7c8c(ccc67)N(c6ccc(-c7cc(-c9ccccc9)nc(-c9ccccc9)n7)cc6)c6nc7ccccc7n6-c6ccccc6-8)ccc45)cc3)nc(-c3ccccc3)n2)cc1. The zero-order chi connectivity index (χ0) is 65.8. The van der Waals surface area contributed by atoms with Crippen molar-refractivity contribution in [1.29, 1.82) is 0 Å². The summed E-state index contributed by atoms with van der Waals surface area (Å²) in [5.41, 5.74) is 25.8. The normalized spacial score (nSPS) is 12.2. The van der Waals surface area contributed by atoms with Gasteiger partial charge in [0.25, 0.3) is 0 Å². The fourth-order valence-corrected chi connectivity index (χ4v) is 14.9. The Balaban J connectivity index is 0.735. The van der Waals surface area contributed by atoms with Crippen LogP contribution in [0.5, 0.6) is 0 Å². The number of anilines is 6. The van der Waals surface area contributed by atoms with Crippen LogP contribution in [0.4, 0.5) is 34.6 Å². The molecule has 18 aromatic rings. The van der Waals surface area contributed by atoms with Crippen molar-refractivity contribution >= 4 is 78.3 Å². The standard InChI is InChI=1S/C90H56N10/c1-5-22-57(23-6-1)75-55-77(93-87(91-75)61-26-9-3-10-27-61)59-40-45-66(46-41-59)97-84-51-49-69-68(34-21-35-71(69)86(84)72-33-16-19-38-81(72)100-82-39-20-17-36-74(82)95-89(97)100)65-44-50-83-79(53-65)96-90-98(85-54-64-31-14-13-30-63(64)52-73(85)70-32-15-18-37-80(70)99(83)90)67-47-42-60(43-48-67)78-56-76(58-24-7-2-8-25-58)92-88(94-78)62-28-11-4-12-29-62/h1-56H. The molecule has 0 amide bonds. The monoisotopic (exact) mass is 1280 g/mol. The molecule has 0 saturated carbocycles. The highest BCUT2D eigenvalue weighted by molar-refractivity contribution is 6.13. The van der Waals surface area contributed by atoms with Gasteiger partial charge in [-0.05, 0) is 124 Å². The molecule has 10 nitrogen and oxygen atoms in total. The second-order valence-electron chi connectivity index (χ2n) is 25.5. The van der Waals surface area contributed by atoms with Crippen molar-refractivity contribution in [2.45, 2.75) is 0 Å². The molecule has 20 rings (SSSR count). The summed E-state index contributed by atoms with van der Waals surface area (Å²) >= 11 is 0. The highest BCUT2D eigenvalue weighted by atomic mass is 15.3. The molecule has 0 bridgehead atoms. The molecule has 0 fully saturated rings. The summed E-state index contributed by atoms with van der Waals surface area (Å²) < 4.78 is 4.67. The van der Waals surface area contributed by atoms with E-state index in [1.807, 2.05) is 48.5 Å². The number of benzene rings is 14. The largest absolute Gasteiger partial charge is 0.280 e. The average Bonchev–Trinajstić information content (AvgIpc) is 1.55. The maximum atomic E-state index is 5.79. The molecular weight excluding hydrogens is 1220 g/mol. The van der Waals surface area contributed by atoms with Crippen LogP contribution in [0, 0.1) is 0 Å². The first-order valence-electron chi connectivity index (χ1n) is 33.7. The van der Waals surface area contributed by atoms with E-state index in [0.717, 1.165) is 174 Å². The topological polar surface area (TPSA) is 93.7 Å². The van der Waals surface area contributed by atoms with Crippen LogP contribution in [0.3, 0.4) is 0 Å². The Kier molecular flexibility index (Phi) is 13.0. The van der Waals surface area contributed by atoms with Crippen LogP contribution in [-0.4, -0.2) is 39.0 Å². The summed E-state index contributed by atoms with van der Waals surface area (Å²) in [6, 6.07) is 120. The number of imidazole rings is 2. The van der Waals surface area contributed by atoms with Gasteiger partial charge in [-0.3, -0.25) is 18.9 Å². The van der Waals surface area contributed by atoms with Gasteiger partial charge in [-0.25, -0.2) is 29.9 Å². The summed E-state index contributed by atoms with van der Waals surface area (Å²) in [6.45, 7) is 0. The molecule has 0 saturated heterocycles. The highest BCUT2D eigenvalue weighted by Gasteiger charge is 2.33. The van der Waals surface area contributed by atoms with Crippen LogP contribution in [0.1, 0.15) is 0 Å². The first-order chi connectivity index (χ1) is 49.6. The van der Waals surface area contributed by atoms with Crippen molar-refractivity contribution in [2.75, 3.05) is 9.80 Å². The van der Waals surface area contributed by atoms with Crippen molar-refractivity contribution in [1.82, 2.24) is 39.0 Å². The number of aromatic nitrogens is 8. The first-order valence-corrected chi connectivity index (χ1v) is 33.7. The third-order valence-corrected chi connectivity index (χ3v) is 19.6. The molecule has 4 aromatic heterocycles. The van der Waals surface area contributed by atoms with Gasteiger partial charge in [0.05, 0.1) is 67.6 Å². The highest BCUT2D eigenvalue weighted by Crippen LogP contribution is 2.53. The van der Waals surface area contributed by atoms with Crippen molar-refractivity contribution in [3.05, 3.63) is 340 Å². The lowest BCUT2D eigenvalue weighted by atomic mass is 9.90. The van der Waals surface area contributed by atoms with Gasteiger partial charge in [0, 0.05) is 67.0 Å². The van der Waals surface area contributed by atoms with E-state index in [2.05, 4.69) is 310 Å². The number of fused-ring (bicyclic) bond motifs is 17. The van der Waals surface area contributed by atoms with Crippen LogP contribution in [0.25, 0.3) is 156 Å². The van der Waals surface area contributed by atoms with Gasteiger partial charge in [0.2, 0.25) is 11.9 Å². The summed E-state index contributed by atoms with van der Waals surface area (Å²) in [5, 5.41) is 4.54. The van der Waals surface area contributed by atoms with Crippen LogP contribution < -0.4 is 9.80 Å². The molecule has 14 aromatic carbocycles. The molecule has 466 valence electrons. The second kappa shape index (κ2) is 23.0. The van der Waals surface area contributed by atoms with Gasteiger partial charge < -0.3 is 0 Å². The Morgan fingerprint density at radius 1 is 0.220 bits per heavy atom. The maximum absolute atomic E-state index is 5.79. The quantitative estimate of drug-likeness (QED) is 0.141. The minimum absolute atomic E-state index is 0.673. The fourth-order valence-electron chi connectivity index (χ4n) is 14.9. The zero-order valence-electron chi connectivity index (χ0n) is 53.8. The molecule has 6 heterocycles. The third-order valence-electron chi connectivity index (χ3n) is 19.6. The second-order valence-corrected chi connectivity index (χ2v) is 25.5. The molecule has 0 unspecified atom stereocenters. The predicted octanol–water partition coefficient (Wildman–Crippen LogP) is 22.8. The summed E-state index contributed by atoms with van der Waals surface area (Å²) in [7, 11) is 0. The van der Waals surface area contributed by atoms with Crippen molar-refractivity contribution in [3.63, 3.8) is 0 Å². The summed E-state index contributed by atoms with van der Waals surface area (Å²) in [5.74, 6) is 2.92. The van der Waals surface area contributed by atoms with Gasteiger partial charge >= 0.3 is 0 Å². The molecule has 0 N–H and O–H groups in total. The van der Waals surface area contributed by atoms with Crippen molar-refractivity contribution in [2.24, 2.45) is 0 Å². The van der Waals surface area contributed by atoms with E-state index >= 15 is 0 Å². The van der Waals surface area contributed by atoms with E-state index < -0.39 is 0 Å². The molecule has 0 spiro atoms. The molecule has 0 atom stereocenters. The fraction of sp³-hybridized carbons (Fsp3) is 0. The molecule has 10 heteroatoms. The zero-order valence-corrected chi connectivity index (χ0v) is 53.8. The number of para-hydroxylation sites is 4. The van der Waals surface area contributed by atoms with Gasteiger partial charge in [-0.15, -0.1) is 0 Å². The lowest BCUT2D eigenvalue weighted by Crippen LogP contribution is -2.14. The average molecular weight is 1280 g/mol. The molecular formula is C90H56N10. The Morgan fingerprint density at radius 3 is 1.25 bits per heavy atom. The van der Waals surface area contributed by atoms with E-state index in [1.165, 1.54) is 5.39 Å². The van der Waals surface area contributed by atoms with E-state index in [4.69, 9.17) is 29.9 Å². The van der Waals surface area contributed by atoms with E-state index in [1.54, 1.807) is 0 Å². The van der Waals surface area contributed by atoms with Crippen molar-refractivity contribution < 1.29 is 0 Å². The van der Waals surface area contributed by atoms with E-state index in [9.17, 15) is 0 Å². The van der Waals surface area contributed by atoms with Gasteiger partial charge in [-0.1, -0.05) is 249 Å². The molecule has 100 heavy (non-hydrogen) atoms. The van der Waals surface area contributed by atoms with Gasteiger partial charge in [-0.2, -0.15) is 0 Å². The third kappa shape index (κ3) is 9.34. The summed E-state index contributed by atoms with van der Waals surface area (Å²) in [6.07, 6.45) is 0. The Bertz CT molecular complexity index is 6150. The van der Waals surface area contributed by atoms with Crippen LogP contribution >= 0.6 is 0 Å². The van der Waals surface area contributed by atoms with E-state index in [0.29, 0.717) is 11.6 Å². The Morgan fingerprint density at radius 2 is 0.660 bits per heavy atom. The lowest BCUT2D eigenvalue weighted by Gasteiger charge is -2.26. The minimum Gasteiger partial charge on any atom is -0.280 e. The number of nitrogens with zero attached hydrogens (tertiary/aromatic N) is 10. The minimum atomic E-state index is 0.673. The maximum Gasteiger partial charge on any atom is 0.220 e. The Hall–Kier alpha value is -13.7. The molecule has 2 aliphatic heterocycles. The number of hydrogen-bond acceptors (Lipinski definition) is 8. The van der Waals surface area contributed by atoms with Crippen molar-refractivity contribution in [3.8, 4) is 113 Å². The molecule has 0 aliphatic carbocycles. The van der Waals surface area contributed by atoms with E-state index in [-0.39, 0.29) is 0 Å². The smallest absolute Gasteiger partial charge is 0.220 e. The van der Waals surface area contributed by atoms with Crippen LogP contribution in [-0.2, 0) is 0 Å². The first kappa shape index (κ1) is 56.6. The number of hydrogen-bond donors (Lipinski definition) is 0. The lowest BCUT2D eigenvalue weighted by molar-refractivity contribution is 1.05. The summed E-state index contributed by atoms with van der Waals surface area (Å²) in [4.78, 5) is 36.6. The van der Waals surface area contributed by atoms with Crippen LogP contribution in [0.2, 0.25) is 0 Å². The molecule has 2 aliphatic rings. The van der Waals surface area contributed by atoms with Crippen LogP contribution in [0.15, 0.2) is 340 Å². The molecule has 0 radical (unpaired) electrons. The van der Waals surface area contributed by atoms with Gasteiger partial charge in [0.1, 0.15) is 0 Å². The van der Waals surface area contributed by atoms with Gasteiger partial charge in [0.15, 0.2) is 11.6 Å². The number of rotatable bonds is 9. The Labute approximate surface area is 576 Å².